The van der Waals surface area contributed by atoms with Gasteiger partial charge in [0.05, 0.1) is 23.7 Å². The molecule has 154 valence electrons. The summed E-state index contributed by atoms with van der Waals surface area (Å²) in [6.07, 6.45) is 1.91. The molecule has 0 amide bonds. The van der Waals surface area contributed by atoms with Gasteiger partial charge in [-0.25, -0.2) is 4.79 Å². The quantitative estimate of drug-likeness (QED) is 0.600. The molecular weight excluding hydrogens is 412 g/mol. The van der Waals surface area contributed by atoms with Crippen LogP contribution in [0.4, 0.5) is 0 Å². The van der Waals surface area contributed by atoms with Crippen LogP contribution >= 0.6 is 11.6 Å². The lowest BCUT2D eigenvalue weighted by Crippen LogP contribution is -2.32. The van der Waals surface area contributed by atoms with Crippen LogP contribution in [0.2, 0.25) is 5.02 Å². The van der Waals surface area contributed by atoms with Crippen molar-refractivity contribution >= 4 is 28.5 Å². The largest absolute Gasteiger partial charge is 0.508 e. The molecule has 0 radical (unpaired) electrons. The predicted molar refractivity (Wildman–Crippen MR) is 108 cm³/mol. The number of ether oxygens (including phenoxy) is 2. The van der Waals surface area contributed by atoms with Gasteiger partial charge < -0.3 is 24.1 Å². The lowest BCUT2D eigenvalue weighted by molar-refractivity contribution is -0.237. The van der Waals surface area contributed by atoms with E-state index in [4.69, 9.17) is 30.6 Å². The van der Waals surface area contributed by atoms with Gasteiger partial charge in [-0.2, -0.15) is 0 Å². The van der Waals surface area contributed by atoms with Crippen molar-refractivity contribution in [2.45, 2.75) is 12.4 Å². The van der Waals surface area contributed by atoms with Crippen molar-refractivity contribution in [2.24, 2.45) is 5.92 Å². The molecule has 2 aromatic carbocycles. The lowest BCUT2D eigenvalue weighted by atomic mass is 9.93. The van der Waals surface area contributed by atoms with Gasteiger partial charge in [0.15, 0.2) is 6.29 Å². The molecule has 30 heavy (non-hydrogen) atoms. The number of phenols is 1. The van der Waals surface area contributed by atoms with E-state index in [0.717, 1.165) is 6.08 Å². The standard InChI is InChI=1S/C22H17ClO7/c23-13-6-7-18-15(9-13)20(27)16(11-28-18)22-29-10-12(5-8-19(25)26)21(30-22)14-3-1-2-4-17(14)24/h1-9,11-12,21-22,24H,10H2,(H,25,26)/t12-,21+,22+/m1/s1. The molecule has 0 aliphatic carbocycles. The Morgan fingerprint density at radius 3 is 2.73 bits per heavy atom. The summed E-state index contributed by atoms with van der Waals surface area (Å²) in [4.78, 5) is 23.9. The van der Waals surface area contributed by atoms with E-state index in [9.17, 15) is 14.7 Å². The van der Waals surface area contributed by atoms with E-state index in [1.54, 1.807) is 30.3 Å². The minimum atomic E-state index is -1.11. The van der Waals surface area contributed by atoms with Crippen LogP contribution in [0, 0.1) is 5.92 Å². The van der Waals surface area contributed by atoms with E-state index in [1.807, 2.05) is 0 Å². The van der Waals surface area contributed by atoms with E-state index >= 15 is 0 Å². The van der Waals surface area contributed by atoms with Crippen molar-refractivity contribution in [1.82, 2.24) is 0 Å². The Morgan fingerprint density at radius 2 is 1.97 bits per heavy atom. The smallest absolute Gasteiger partial charge is 0.327 e. The zero-order valence-electron chi connectivity index (χ0n) is 15.5. The molecule has 1 aromatic heterocycles. The Kier molecular flexibility index (Phi) is 5.59. The first-order valence-electron chi connectivity index (χ1n) is 9.11. The van der Waals surface area contributed by atoms with Crippen LogP contribution in [0.5, 0.6) is 5.75 Å². The van der Waals surface area contributed by atoms with Crippen molar-refractivity contribution in [3.63, 3.8) is 0 Å². The van der Waals surface area contributed by atoms with Crippen molar-refractivity contribution in [3.8, 4) is 5.75 Å². The van der Waals surface area contributed by atoms with E-state index in [1.165, 1.54) is 24.5 Å². The molecule has 2 heterocycles. The highest BCUT2D eigenvalue weighted by molar-refractivity contribution is 6.31. The zero-order chi connectivity index (χ0) is 21.3. The first-order chi connectivity index (χ1) is 14.4. The molecule has 4 rings (SSSR count). The normalized spacial score (nSPS) is 21.8. The molecule has 7 nitrogen and oxygen atoms in total. The summed E-state index contributed by atoms with van der Waals surface area (Å²) in [6, 6.07) is 11.3. The number of phenolic OH excluding ortho intramolecular Hbond substituents is 1. The highest BCUT2D eigenvalue weighted by atomic mass is 35.5. The maximum atomic E-state index is 13.0. The molecule has 0 bridgehead atoms. The average molecular weight is 429 g/mol. The topological polar surface area (TPSA) is 106 Å². The molecule has 1 aliphatic heterocycles. The number of rotatable bonds is 4. The fourth-order valence-electron chi connectivity index (χ4n) is 3.40. The van der Waals surface area contributed by atoms with E-state index in [2.05, 4.69) is 0 Å². The summed E-state index contributed by atoms with van der Waals surface area (Å²) in [5.41, 5.74) is 0.632. The Hall–Kier alpha value is -3.13. The zero-order valence-corrected chi connectivity index (χ0v) is 16.3. The third-order valence-electron chi connectivity index (χ3n) is 4.84. The summed E-state index contributed by atoms with van der Waals surface area (Å²) in [6.45, 7) is 0.0699. The van der Waals surface area contributed by atoms with Crippen molar-refractivity contribution in [2.75, 3.05) is 6.61 Å². The Bertz CT molecular complexity index is 1180. The fourth-order valence-corrected chi connectivity index (χ4v) is 3.57. The van der Waals surface area contributed by atoms with Crippen LogP contribution in [0.25, 0.3) is 11.0 Å². The van der Waals surface area contributed by atoms with Gasteiger partial charge in [-0.1, -0.05) is 35.9 Å². The number of para-hydroxylation sites is 1. The first-order valence-corrected chi connectivity index (χ1v) is 9.49. The highest BCUT2D eigenvalue weighted by Crippen LogP contribution is 2.41. The average Bonchev–Trinajstić information content (AvgIpc) is 2.73. The Morgan fingerprint density at radius 1 is 1.17 bits per heavy atom. The lowest BCUT2D eigenvalue weighted by Gasteiger charge is -2.35. The summed E-state index contributed by atoms with van der Waals surface area (Å²) < 4.78 is 17.3. The number of carboxylic acid groups (broad SMARTS) is 1. The fraction of sp³-hybridized carbons (Fsp3) is 0.182. The molecule has 1 fully saturated rings. The van der Waals surface area contributed by atoms with Gasteiger partial charge in [-0.05, 0) is 24.3 Å². The number of carbonyl (C=O) groups is 1. The van der Waals surface area contributed by atoms with Crippen LogP contribution in [-0.4, -0.2) is 22.8 Å². The van der Waals surface area contributed by atoms with E-state index in [0.29, 0.717) is 21.6 Å². The first kappa shape index (κ1) is 20.2. The van der Waals surface area contributed by atoms with Crippen LogP contribution in [-0.2, 0) is 14.3 Å². The van der Waals surface area contributed by atoms with Gasteiger partial charge in [0, 0.05) is 22.6 Å². The summed E-state index contributed by atoms with van der Waals surface area (Å²) in [5, 5.41) is 19.9. The van der Waals surface area contributed by atoms with Gasteiger partial charge >= 0.3 is 5.97 Å². The van der Waals surface area contributed by atoms with Gasteiger partial charge in [0.25, 0.3) is 0 Å². The van der Waals surface area contributed by atoms with Crippen molar-refractivity contribution < 1.29 is 28.9 Å². The Balaban J connectivity index is 1.73. The van der Waals surface area contributed by atoms with Crippen LogP contribution in [0.15, 0.2) is 70.1 Å². The van der Waals surface area contributed by atoms with Crippen molar-refractivity contribution in [3.05, 3.63) is 87.3 Å². The second kappa shape index (κ2) is 8.31. The minimum absolute atomic E-state index is 0.00537. The minimum Gasteiger partial charge on any atom is -0.508 e. The van der Waals surface area contributed by atoms with Gasteiger partial charge in [-0.15, -0.1) is 0 Å². The maximum absolute atomic E-state index is 13.0. The number of halogens is 1. The molecule has 1 aliphatic rings. The molecule has 3 aromatic rings. The molecule has 0 saturated carbocycles. The van der Waals surface area contributed by atoms with Crippen LogP contribution in [0.1, 0.15) is 23.5 Å². The molecule has 2 N–H and O–H groups in total. The molecular formula is C22H17ClO7. The second-order valence-corrected chi connectivity index (χ2v) is 7.24. The van der Waals surface area contributed by atoms with Crippen molar-refractivity contribution in [1.29, 1.82) is 0 Å². The monoisotopic (exact) mass is 428 g/mol. The number of fused-ring (bicyclic) bond motifs is 1. The number of carboxylic acids is 1. The van der Waals surface area contributed by atoms with Crippen LogP contribution < -0.4 is 5.43 Å². The molecule has 1 saturated heterocycles. The van der Waals surface area contributed by atoms with Gasteiger partial charge in [0.2, 0.25) is 5.43 Å². The maximum Gasteiger partial charge on any atom is 0.327 e. The summed E-state index contributed by atoms with van der Waals surface area (Å²) >= 11 is 6.00. The third-order valence-corrected chi connectivity index (χ3v) is 5.08. The van der Waals surface area contributed by atoms with E-state index < -0.39 is 24.3 Å². The number of benzene rings is 2. The number of aliphatic carboxylic acids is 1. The Labute approximate surface area is 175 Å². The molecule has 0 unspecified atom stereocenters. The van der Waals surface area contributed by atoms with E-state index in [-0.39, 0.29) is 23.3 Å². The third kappa shape index (κ3) is 3.95. The molecule has 0 spiro atoms. The molecule has 8 heteroatoms. The summed E-state index contributed by atoms with van der Waals surface area (Å²) in [5.74, 6) is -1.61. The number of aromatic hydroxyl groups is 1. The second-order valence-electron chi connectivity index (χ2n) is 6.80. The van der Waals surface area contributed by atoms with Crippen LogP contribution in [0.3, 0.4) is 0 Å². The number of hydrogen-bond acceptors (Lipinski definition) is 6. The van der Waals surface area contributed by atoms with Gasteiger partial charge in [0.1, 0.15) is 17.6 Å². The number of hydrogen-bond donors (Lipinski definition) is 2. The summed E-state index contributed by atoms with van der Waals surface area (Å²) in [7, 11) is 0. The SMILES string of the molecule is O=C(O)C=C[C@@H]1CO[C@H](c2coc3ccc(Cl)cc3c2=O)O[C@@H]1c1ccccc1O. The molecule has 3 atom stereocenters. The predicted octanol–water partition coefficient (Wildman–Crippen LogP) is 4.20. The van der Waals surface area contributed by atoms with Gasteiger partial charge in [-0.3, -0.25) is 4.79 Å². The highest BCUT2D eigenvalue weighted by Gasteiger charge is 2.35.